The Kier molecular flexibility index (Phi) is 6.92. The SMILES string of the molecule is COC(=O)/C=C(\Nc1cc(OC)ccc1OC)C(=O)NC(C)C. The van der Waals surface area contributed by atoms with Crippen LogP contribution in [0.2, 0.25) is 0 Å². The lowest BCUT2D eigenvalue weighted by Gasteiger charge is -2.16. The average Bonchev–Trinajstić information content (AvgIpc) is 2.53. The molecule has 0 aliphatic carbocycles. The predicted octanol–water partition coefficient (Wildman–Crippen LogP) is 1.70. The second-order valence-electron chi connectivity index (χ2n) is 4.90. The van der Waals surface area contributed by atoms with Gasteiger partial charge in [0.1, 0.15) is 17.2 Å². The van der Waals surface area contributed by atoms with E-state index in [1.807, 2.05) is 13.8 Å². The van der Waals surface area contributed by atoms with Gasteiger partial charge in [0.15, 0.2) is 0 Å². The molecule has 7 heteroatoms. The molecule has 0 heterocycles. The van der Waals surface area contributed by atoms with E-state index >= 15 is 0 Å². The van der Waals surface area contributed by atoms with Crippen molar-refractivity contribution in [3.8, 4) is 11.5 Å². The summed E-state index contributed by atoms with van der Waals surface area (Å²) in [7, 11) is 4.27. The van der Waals surface area contributed by atoms with Crippen LogP contribution in [0.1, 0.15) is 13.8 Å². The first kappa shape index (κ1) is 18.3. The van der Waals surface area contributed by atoms with Gasteiger partial charge in [-0.1, -0.05) is 0 Å². The molecule has 1 amide bonds. The van der Waals surface area contributed by atoms with E-state index in [0.29, 0.717) is 17.2 Å². The number of methoxy groups -OCH3 is 3. The summed E-state index contributed by atoms with van der Waals surface area (Å²) >= 11 is 0. The van der Waals surface area contributed by atoms with Gasteiger partial charge in [-0.2, -0.15) is 0 Å². The zero-order valence-corrected chi connectivity index (χ0v) is 13.9. The monoisotopic (exact) mass is 322 g/mol. The van der Waals surface area contributed by atoms with Gasteiger partial charge >= 0.3 is 5.97 Å². The third kappa shape index (κ3) is 5.54. The van der Waals surface area contributed by atoms with E-state index in [1.54, 1.807) is 18.2 Å². The standard InChI is InChI=1S/C16H22N2O5/c1-10(2)17-16(20)13(9-15(19)23-5)18-12-8-11(21-3)6-7-14(12)22-4/h6-10,18H,1-5H3,(H,17,20)/b13-9-. The Hall–Kier alpha value is -2.70. The van der Waals surface area contributed by atoms with E-state index in [9.17, 15) is 9.59 Å². The maximum Gasteiger partial charge on any atom is 0.332 e. The molecule has 23 heavy (non-hydrogen) atoms. The highest BCUT2D eigenvalue weighted by molar-refractivity contribution is 6.02. The van der Waals surface area contributed by atoms with Crippen molar-refractivity contribution in [1.29, 1.82) is 0 Å². The summed E-state index contributed by atoms with van der Waals surface area (Å²) in [4.78, 5) is 23.7. The van der Waals surface area contributed by atoms with Gasteiger partial charge in [0.05, 0.1) is 33.1 Å². The molecule has 1 aromatic carbocycles. The first-order valence-electron chi connectivity index (χ1n) is 7.00. The summed E-state index contributed by atoms with van der Waals surface area (Å²) in [6.45, 7) is 3.64. The molecule has 1 rings (SSSR count). The Morgan fingerprint density at radius 3 is 2.35 bits per heavy atom. The van der Waals surface area contributed by atoms with Crippen LogP contribution in [0.4, 0.5) is 5.69 Å². The molecule has 0 aliphatic rings. The van der Waals surface area contributed by atoms with Crippen LogP contribution in [-0.4, -0.2) is 39.2 Å². The van der Waals surface area contributed by atoms with Crippen LogP contribution in [0, 0.1) is 0 Å². The number of anilines is 1. The molecule has 0 unspecified atom stereocenters. The summed E-state index contributed by atoms with van der Waals surface area (Å²) in [5.74, 6) is -0.00237. The van der Waals surface area contributed by atoms with Crippen molar-refractivity contribution in [1.82, 2.24) is 5.32 Å². The quantitative estimate of drug-likeness (QED) is 0.587. The zero-order valence-electron chi connectivity index (χ0n) is 13.9. The van der Waals surface area contributed by atoms with Crippen molar-refractivity contribution in [3.63, 3.8) is 0 Å². The summed E-state index contributed by atoms with van der Waals surface area (Å²) in [6, 6.07) is 4.99. The second kappa shape index (κ2) is 8.67. The molecule has 126 valence electrons. The fourth-order valence-corrected chi connectivity index (χ4v) is 1.73. The Morgan fingerprint density at radius 2 is 1.83 bits per heavy atom. The third-order valence-electron chi connectivity index (χ3n) is 2.80. The van der Waals surface area contributed by atoms with E-state index in [0.717, 1.165) is 6.08 Å². The van der Waals surface area contributed by atoms with E-state index in [4.69, 9.17) is 9.47 Å². The fourth-order valence-electron chi connectivity index (χ4n) is 1.73. The number of amides is 1. The van der Waals surface area contributed by atoms with Gasteiger partial charge in [-0.05, 0) is 26.0 Å². The van der Waals surface area contributed by atoms with Crippen LogP contribution in [0.3, 0.4) is 0 Å². The molecule has 1 aromatic rings. The van der Waals surface area contributed by atoms with Crippen molar-refractivity contribution >= 4 is 17.6 Å². The lowest BCUT2D eigenvalue weighted by molar-refractivity contribution is -0.135. The van der Waals surface area contributed by atoms with Gasteiger partial charge in [-0.15, -0.1) is 0 Å². The van der Waals surface area contributed by atoms with Crippen LogP contribution >= 0.6 is 0 Å². The van der Waals surface area contributed by atoms with Crippen LogP contribution in [0.15, 0.2) is 30.0 Å². The number of rotatable bonds is 7. The van der Waals surface area contributed by atoms with Gasteiger partial charge < -0.3 is 24.8 Å². The molecule has 0 aromatic heterocycles. The summed E-state index contributed by atoms with van der Waals surface area (Å²) < 4.78 is 15.0. The number of nitrogens with one attached hydrogen (secondary N) is 2. The van der Waals surface area contributed by atoms with Crippen molar-refractivity contribution in [3.05, 3.63) is 30.0 Å². The molecule has 0 aliphatic heterocycles. The Bertz CT molecular complexity index is 596. The lowest BCUT2D eigenvalue weighted by atomic mass is 10.2. The summed E-state index contributed by atoms with van der Waals surface area (Å²) in [5.41, 5.74) is 0.526. The van der Waals surface area contributed by atoms with Gasteiger partial charge in [0.2, 0.25) is 0 Å². The number of carbonyl (C=O) groups is 2. The van der Waals surface area contributed by atoms with E-state index in [-0.39, 0.29) is 11.7 Å². The van der Waals surface area contributed by atoms with Crippen LogP contribution in [-0.2, 0) is 14.3 Å². The van der Waals surface area contributed by atoms with Crippen molar-refractivity contribution in [2.75, 3.05) is 26.6 Å². The van der Waals surface area contributed by atoms with Gasteiger partial charge in [-0.25, -0.2) is 4.79 Å². The molecule has 0 saturated carbocycles. The Labute approximate surface area is 135 Å². The number of carbonyl (C=O) groups excluding carboxylic acids is 2. The van der Waals surface area contributed by atoms with Crippen molar-refractivity contribution in [2.45, 2.75) is 19.9 Å². The minimum absolute atomic E-state index is 0.0390. The highest BCUT2D eigenvalue weighted by atomic mass is 16.5. The lowest BCUT2D eigenvalue weighted by Crippen LogP contribution is -2.34. The maximum atomic E-state index is 12.2. The smallest absolute Gasteiger partial charge is 0.332 e. The first-order valence-corrected chi connectivity index (χ1v) is 7.00. The number of benzene rings is 1. The van der Waals surface area contributed by atoms with E-state index < -0.39 is 11.9 Å². The Morgan fingerprint density at radius 1 is 1.13 bits per heavy atom. The van der Waals surface area contributed by atoms with Crippen molar-refractivity contribution in [2.24, 2.45) is 0 Å². The molecule has 0 bridgehead atoms. The molecule has 7 nitrogen and oxygen atoms in total. The summed E-state index contributed by atoms with van der Waals surface area (Å²) in [6.07, 6.45) is 1.08. The third-order valence-corrected chi connectivity index (χ3v) is 2.80. The van der Waals surface area contributed by atoms with Crippen LogP contribution in [0.5, 0.6) is 11.5 Å². The van der Waals surface area contributed by atoms with Gasteiger partial charge in [-0.3, -0.25) is 4.79 Å². The van der Waals surface area contributed by atoms with Crippen molar-refractivity contribution < 1.29 is 23.8 Å². The largest absolute Gasteiger partial charge is 0.497 e. The molecule has 0 spiro atoms. The minimum atomic E-state index is -0.645. The fraction of sp³-hybridized carbons (Fsp3) is 0.375. The van der Waals surface area contributed by atoms with E-state index in [1.165, 1.54) is 21.3 Å². The minimum Gasteiger partial charge on any atom is -0.497 e. The molecule has 0 radical (unpaired) electrons. The van der Waals surface area contributed by atoms with Crippen LogP contribution in [0.25, 0.3) is 0 Å². The normalized spacial score (nSPS) is 11.0. The molecular weight excluding hydrogens is 300 g/mol. The van der Waals surface area contributed by atoms with Gasteiger partial charge in [0.25, 0.3) is 5.91 Å². The number of hydrogen-bond donors (Lipinski definition) is 2. The molecule has 0 fully saturated rings. The average molecular weight is 322 g/mol. The summed E-state index contributed by atoms with van der Waals surface area (Å²) in [5, 5.41) is 5.60. The first-order chi connectivity index (χ1) is 10.9. The zero-order chi connectivity index (χ0) is 17.4. The molecule has 2 N–H and O–H groups in total. The highest BCUT2D eigenvalue weighted by Crippen LogP contribution is 2.30. The predicted molar refractivity (Wildman–Crippen MR) is 86.5 cm³/mol. The van der Waals surface area contributed by atoms with E-state index in [2.05, 4.69) is 15.4 Å². The second-order valence-corrected chi connectivity index (χ2v) is 4.90. The molecular formula is C16H22N2O5. The highest BCUT2D eigenvalue weighted by Gasteiger charge is 2.16. The Balaban J connectivity index is 3.17. The molecule has 0 saturated heterocycles. The number of esters is 1. The number of hydrogen-bond acceptors (Lipinski definition) is 6. The van der Waals surface area contributed by atoms with Crippen LogP contribution < -0.4 is 20.1 Å². The number of ether oxygens (including phenoxy) is 3. The maximum absolute atomic E-state index is 12.2. The molecule has 0 atom stereocenters. The topological polar surface area (TPSA) is 85.9 Å². The van der Waals surface area contributed by atoms with Gasteiger partial charge in [0, 0.05) is 12.1 Å².